The Morgan fingerprint density at radius 3 is 2.23 bits per heavy atom. The summed E-state index contributed by atoms with van der Waals surface area (Å²) in [5, 5.41) is 5.37. The fourth-order valence-corrected chi connectivity index (χ4v) is 8.67. The Labute approximate surface area is 375 Å². The van der Waals surface area contributed by atoms with Crippen LogP contribution in [0.3, 0.4) is 0 Å². The van der Waals surface area contributed by atoms with Gasteiger partial charge in [-0.2, -0.15) is 5.10 Å². The predicted molar refractivity (Wildman–Crippen MR) is 246 cm³/mol. The molecule has 0 spiro atoms. The van der Waals surface area contributed by atoms with Crippen LogP contribution in [0.5, 0.6) is 23.0 Å². The van der Waals surface area contributed by atoms with Gasteiger partial charge < -0.3 is 19.3 Å². The molecule has 0 N–H and O–H groups in total. The number of likely N-dealkylation sites (tertiary alicyclic amines) is 2. The lowest BCUT2D eigenvalue weighted by molar-refractivity contribution is -0.130. The van der Waals surface area contributed by atoms with Crippen molar-refractivity contribution in [3.05, 3.63) is 171 Å². The van der Waals surface area contributed by atoms with Crippen LogP contribution in [0.15, 0.2) is 160 Å². The molecule has 2 fully saturated rings. The molecule has 2 atom stereocenters. The Morgan fingerprint density at radius 1 is 0.831 bits per heavy atom. The lowest BCUT2D eigenvalue weighted by Gasteiger charge is -2.34. The van der Waals surface area contributed by atoms with E-state index in [4.69, 9.17) is 19.6 Å². The zero-order valence-corrected chi connectivity index (χ0v) is 35.8. The number of halogens is 1. The summed E-state index contributed by atoms with van der Waals surface area (Å²) < 4.78 is 30.7. The van der Waals surface area contributed by atoms with E-state index in [9.17, 15) is 9.59 Å². The topological polar surface area (TPSA) is 133 Å². The molecule has 13 nitrogen and oxygen atoms in total. The first kappa shape index (κ1) is 42.3. The maximum Gasteiger partial charge on any atom is 0.246 e. The van der Waals surface area contributed by atoms with Gasteiger partial charge in [-0.25, -0.2) is 24.0 Å². The molecule has 8 aromatic rings. The third-order valence-corrected chi connectivity index (χ3v) is 11.9. The Balaban J connectivity index is 0.000000165. The number of imidazole rings is 1. The first-order chi connectivity index (χ1) is 31.7. The second-order valence-electron chi connectivity index (χ2n) is 16.2. The van der Waals surface area contributed by atoms with Crippen LogP contribution in [-0.4, -0.2) is 80.9 Å². The average Bonchev–Trinajstić information content (AvgIpc) is 4.15. The number of amides is 2. The SMILES string of the molecule is C=CC(=O)N1CCC[C@@]1(C)Cn1nc(-c2ccc(Oc3ccccc3)cc2F)c2cncnc21.C=CC(=O)N1CC[C@@H](c2nc(-c3ccc(Oc4ccccc4)cc3)c3cnccn23)C1. The quantitative estimate of drug-likeness (QED) is 0.117. The van der Waals surface area contributed by atoms with E-state index in [2.05, 4.69) is 32.5 Å². The van der Waals surface area contributed by atoms with E-state index in [1.165, 1.54) is 24.5 Å². The van der Waals surface area contributed by atoms with Gasteiger partial charge in [0.2, 0.25) is 11.8 Å². The molecule has 326 valence electrons. The minimum Gasteiger partial charge on any atom is -0.457 e. The van der Waals surface area contributed by atoms with E-state index in [1.54, 1.807) is 29.2 Å². The summed E-state index contributed by atoms with van der Waals surface area (Å²) in [5.74, 6) is 3.13. The van der Waals surface area contributed by atoms with Gasteiger partial charge in [-0.3, -0.25) is 19.0 Å². The number of fused-ring (bicyclic) bond motifs is 2. The molecule has 0 unspecified atom stereocenters. The van der Waals surface area contributed by atoms with E-state index >= 15 is 4.39 Å². The minimum atomic E-state index is -0.459. The second-order valence-corrected chi connectivity index (χ2v) is 16.2. The van der Waals surface area contributed by atoms with E-state index in [1.807, 2.05) is 114 Å². The number of aromatic nitrogens is 7. The van der Waals surface area contributed by atoms with Crippen LogP contribution < -0.4 is 9.47 Å². The Bertz CT molecular complexity index is 3010. The van der Waals surface area contributed by atoms with Crippen LogP contribution >= 0.6 is 0 Å². The van der Waals surface area contributed by atoms with Gasteiger partial charge in [-0.15, -0.1) is 0 Å². The van der Waals surface area contributed by atoms with Crippen LogP contribution in [0, 0.1) is 5.82 Å². The number of benzene rings is 4. The molecule has 6 heterocycles. The highest BCUT2D eigenvalue weighted by Crippen LogP contribution is 2.36. The number of carbonyl (C=O) groups is 2. The zero-order chi connectivity index (χ0) is 44.9. The highest BCUT2D eigenvalue weighted by atomic mass is 19.1. The van der Waals surface area contributed by atoms with Gasteiger partial charge in [0.05, 0.1) is 34.9 Å². The van der Waals surface area contributed by atoms with Crippen LogP contribution in [0.25, 0.3) is 39.1 Å². The summed E-state index contributed by atoms with van der Waals surface area (Å²) >= 11 is 0. The van der Waals surface area contributed by atoms with Crippen molar-refractivity contribution in [3.8, 4) is 45.5 Å². The minimum absolute atomic E-state index is 0.0285. The maximum absolute atomic E-state index is 15.2. The molecule has 65 heavy (non-hydrogen) atoms. The van der Waals surface area contributed by atoms with Crippen LogP contribution in [0.2, 0.25) is 0 Å². The van der Waals surface area contributed by atoms with E-state index in [0.29, 0.717) is 53.4 Å². The van der Waals surface area contributed by atoms with Gasteiger partial charge in [0.1, 0.15) is 46.7 Å². The number of hydrogen-bond acceptors (Lipinski definition) is 9. The second kappa shape index (κ2) is 18.4. The molecular weight excluding hydrogens is 822 g/mol. The number of hydrogen-bond donors (Lipinski definition) is 0. The predicted octanol–water partition coefficient (Wildman–Crippen LogP) is 9.68. The van der Waals surface area contributed by atoms with Crippen molar-refractivity contribution in [3.63, 3.8) is 0 Å². The number of carbonyl (C=O) groups excluding carboxylic acids is 2. The highest BCUT2D eigenvalue weighted by molar-refractivity contribution is 5.91. The monoisotopic (exact) mass is 867 g/mol. The third kappa shape index (κ3) is 8.83. The van der Waals surface area contributed by atoms with Crippen molar-refractivity contribution < 1.29 is 23.5 Å². The van der Waals surface area contributed by atoms with E-state index in [0.717, 1.165) is 59.9 Å². The molecule has 10 rings (SSSR count). The summed E-state index contributed by atoms with van der Waals surface area (Å²) in [6, 6.07) is 31.6. The van der Waals surface area contributed by atoms with Gasteiger partial charge in [-0.05, 0) is 99.0 Å². The van der Waals surface area contributed by atoms with Crippen molar-refractivity contribution in [2.24, 2.45) is 0 Å². The Hall–Kier alpha value is -8.00. The summed E-state index contributed by atoms with van der Waals surface area (Å²) in [7, 11) is 0. The molecule has 0 saturated carbocycles. The lowest BCUT2D eigenvalue weighted by Crippen LogP contribution is -2.47. The molecule has 0 radical (unpaired) electrons. The van der Waals surface area contributed by atoms with Crippen molar-refractivity contribution in [2.45, 2.75) is 44.2 Å². The summed E-state index contributed by atoms with van der Waals surface area (Å²) in [6.45, 7) is 11.7. The van der Waals surface area contributed by atoms with Crippen LogP contribution in [0.4, 0.5) is 4.39 Å². The van der Waals surface area contributed by atoms with Crippen LogP contribution in [0.1, 0.15) is 37.9 Å². The number of nitrogens with zero attached hydrogens (tertiary/aromatic N) is 9. The normalized spacial score (nSPS) is 16.9. The molecule has 4 aromatic carbocycles. The number of ether oxygens (including phenoxy) is 2. The van der Waals surface area contributed by atoms with Crippen LogP contribution in [-0.2, 0) is 16.1 Å². The molecule has 0 bridgehead atoms. The number of rotatable bonds is 11. The van der Waals surface area contributed by atoms with Gasteiger partial charge >= 0.3 is 0 Å². The molecule has 2 amide bonds. The smallest absolute Gasteiger partial charge is 0.246 e. The van der Waals surface area contributed by atoms with Crippen molar-refractivity contribution in [1.29, 1.82) is 0 Å². The van der Waals surface area contributed by atoms with Crippen molar-refractivity contribution in [2.75, 3.05) is 19.6 Å². The Morgan fingerprint density at radius 2 is 1.52 bits per heavy atom. The number of para-hydroxylation sites is 2. The largest absolute Gasteiger partial charge is 0.457 e. The standard InChI is InChI=1S/C26H24FN5O2.C25H22N4O2/c1-3-23(33)31-13-7-12-26(31,2)16-32-25-21(15-28-17-29-25)24(30-32)20-11-10-19(14-22(20)27)34-18-8-5-4-6-9-18;1-2-23(30)28-14-12-19(17-28)25-27-24(22-16-26-13-15-29(22)25)18-8-10-21(11-9-18)31-20-6-4-3-5-7-20/h3-6,8-11,14-15,17H,1,7,12-13,16H2,2H3;2-11,13,15-16,19H,1,12,14,17H2/t26-;19-/m01/s1. The first-order valence-electron chi connectivity index (χ1n) is 21.4. The average molecular weight is 868 g/mol. The van der Waals surface area contributed by atoms with Gasteiger partial charge in [0, 0.05) is 61.3 Å². The van der Waals surface area contributed by atoms with Crippen molar-refractivity contribution in [1.82, 2.24) is 43.9 Å². The van der Waals surface area contributed by atoms with Gasteiger partial charge in [-0.1, -0.05) is 49.6 Å². The molecule has 2 aliphatic rings. The summed E-state index contributed by atoms with van der Waals surface area (Å²) in [5.41, 5.74) is 3.74. The zero-order valence-electron chi connectivity index (χ0n) is 35.8. The van der Waals surface area contributed by atoms with E-state index in [-0.39, 0.29) is 17.7 Å². The third-order valence-electron chi connectivity index (χ3n) is 11.9. The highest BCUT2D eigenvalue weighted by Gasteiger charge is 2.40. The van der Waals surface area contributed by atoms with Gasteiger partial charge in [0.15, 0.2) is 5.65 Å². The lowest BCUT2D eigenvalue weighted by atomic mass is 9.99. The summed E-state index contributed by atoms with van der Waals surface area (Å²) in [4.78, 5) is 45.9. The summed E-state index contributed by atoms with van der Waals surface area (Å²) in [6.07, 6.45) is 13.9. The molecule has 2 aliphatic heterocycles. The molecular formula is C51H46FN9O4. The fourth-order valence-electron chi connectivity index (χ4n) is 8.67. The first-order valence-corrected chi connectivity index (χ1v) is 21.4. The molecule has 14 heteroatoms. The maximum atomic E-state index is 15.2. The van der Waals surface area contributed by atoms with E-state index < -0.39 is 11.4 Å². The molecule has 0 aliphatic carbocycles. The Kier molecular flexibility index (Phi) is 12.0. The van der Waals surface area contributed by atoms with Crippen molar-refractivity contribution >= 4 is 28.4 Å². The molecule has 4 aromatic heterocycles. The molecule has 2 saturated heterocycles. The van der Waals surface area contributed by atoms with Gasteiger partial charge in [0.25, 0.3) is 0 Å². The fraction of sp³-hybridized carbons (Fsp3) is 0.196.